The number of nitrogens with zero attached hydrogens (tertiary/aromatic N) is 3. The van der Waals surface area contributed by atoms with Gasteiger partial charge in [0.2, 0.25) is 0 Å². The summed E-state index contributed by atoms with van der Waals surface area (Å²) in [5.74, 6) is 1.89. The zero-order valence-corrected chi connectivity index (χ0v) is 14.2. The van der Waals surface area contributed by atoms with Crippen LogP contribution in [0.4, 0.5) is 5.82 Å². The number of hydrogen-bond donors (Lipinski definition) is 2. The van der Waals surface area contributed by atoms with E-state index in [1.807, 2.05) is 25.1 Å². The Balaban J connectivity index is 1.55. The highest BCUT2D eigenvalue weighted by Crippen LogP contribution is 2.18. The largest absolute Gasteiger partial charge is 0.394 e. The maximum absolute atomic E-state index is 9.05. The molecular weight excluding hydrogens is 316 g/mol. The summed E-state index contributed by atoms with van der Waals surface area (Å²) < 4.78 is 5.33. The fraction of sp³-hybridized carbons (Fsp3) is 0.316. The van der Waals surface area contributed by atoms with Gasteiger partial charge >= 0.3 is 0 Å². The Morgan fingerprint density at radius 2 is 1.96 bits per heavy atom. The minimum Gasteiger partial charge on any atom is -0.394 e. The van der Waals surface area contributed by atoms with Crippen molar-refractivity contribution in [2.24, 2.45) is 0 Å². The highest BCUT2D eigenvalue weighted by Gasteiger charge is 2.10. The number of nitrogens with one attached hydrogen (secondary N) is 1. The summed E-state index contributed by atoms with van der Waals surface area (Å²) in [6, 6.07) is 14.0. The van der Waals surface area contributed by atoms with Crippen molar-refractivity contribution in [2.45, 2.75) is 32.2 Å². The Morgan fingerprint density at radius 3 is 2.68 bits per heavy atom. The van der Waals surface area contributed by atoms with Gasteiger partial charge in [-0.3, -0.25) is 0 Å². The number of hydrogen-bond acceptors (Lipinski definition) is 6. The number of aliphatic hydroxyl groups excluding tert-OH is 1. The predicted octanol–water partition coefficient (Wildman–Crippen LogP) is 3.10. The van der Waals surface area contributed by atoms with Gasteiger partial charge < -0.3 is 14.9 Å². The van der Waals surface area contributed by atoms with Gasteiger partial charge in [0, 0.05) is 18.7 Å². The minimum absolute atomic E-state index is 0.0435. The molecule has 1 atom stereocenters. The normalized spacial score (nSPS) is 12.1. The second-order valence-corrected chi connectivity index (χ2v) is 6.01. The number of aromatic nitrogens is 3. The summed E-state index contributed by atoms with van der Waals surface area (Å²) in [6.07, 6.45) is 4.44. The zero-order chi connectivity index (χ0) is 17.5. The molecule has 0 saturated heterocycles. The molecule has 0 radical (unpaired) electrons. The quantitative estimate of drug-likeness (QED) is 0.656. The molecule has 6 nitrogen and oxygen atoms in total. The van der Waals surface area contributed by atoms with Crippen LogP contribution >= 0.6 is 0 Å². The molecule has 1 unspecified atom stereocenters. The van der Waals surface area contributed by atoms with Gasteiger partial charge in [-0.25, -0.2) is 4.98 Å². The molecule has 2 aromatic heterocycles. The topological polar surface area (TPSA) is 84.1 Å². The van der Waals surface area contributed by atoms with Crippen LogP contribution in [0.15, 0.2) is 53.2 Å². The summed E-state index contributed by atoms with van der Waals surface area (Å²) in [4.78, 5) is 8.74. The van der Waals surface area contributed by atoms with Crippen molar-refractivity contribution in [2.75, 3.05) is 11.9 Å². The third-order valence-electron chi connectivity index (χ3n) is 3.86. The first-order chi connectivity index (χ1) is 12.2. The van der Waals surface area contributed by atoms with E-state index in [9.17, 15) is 0 Å². The van der Waals surface area contributed by atoms with Crippen molar-refractivity contribution in [1.29, 1.82) is 0 Å². The maximum atomic E-state index is 9.05. The third-order valence-corrected chi connectivity index (χ3v) is 3.86. The molecule has 0 bridgehead atoms. The first-order valence-electron chi connectivity index (χ1n) is 8.45. The van der Waals surface area contributed by atoms with Gasteiger partial charge in [0.25, 0.3) is 5.89 Å². The second-order valence-electron chi connectivity index (χ2n) is 6.01. The summed E-state index contributed by atoms with van der Waals surface area (Å²) >= 11 is 0. The van der Waals surface area contributed by atoms with Gasteiger partial charge in [-0.1, -0.05) is 35.5 Å². The SMILES string of the molecule is CC(CO)Nc1ccc(-c2nc(CCCc3ccccc3)no2)cn1. The summed E-state index contributed by atoms with van der Waals surface area (Å²) in [6.45, 7) is 1.94. The molecule has 25 heavy (non-hydrogen) atoms. The fourth-order valence-corrected chi connectivity index (χ4v) is 2.47. The molecule has 2 N–H and O–H groups in total. The molecule has 3 rings (SSSR count). The Morgan fingerprint density at radius 1 is 1.12 bits per heavy atom. The van der Waals surface area contributed by atoms with Gasteiger partial charge in [-0.15, -0.1) is 0 Å². The monoisotopic (exact) mass is 338 g/mol. The molecule has 0 aliphatic carbocycles. The molecular formula is C19H22N4O2. The molecule has 1 aromatic carbocycles. The van der Waals surface area contributed by atoms with Crippen LogP contribution in [0.5, 0.6) is 0 Å². The standard InChI is InChI=1S/C19H22N4O2/c1-14(13-24)21-17-11-10-16(12-20-17)19-22-18(23-25-19)9-5-8-15-6-3-2-4-7-15/h2-4,6-7,10-12,14,24H,5,8-9,13H2,1H3,(H,20,21). The van der Waals surface area contributed by atoms with Crippen LogP contribution in [-0.2, 0) is 12.8 Å². The minimum atomic E-state index is -0.0435. The third kappa shape index (κ3) is 4.87. The summed E-state index contributed by atoms with van der Waals surface area (Å²) in [5.41, 5.74) is 2.10. The highest BCUT2D eigenvalue weighted by atomic mass is 16.5. The van der Waals surface area contributed by atoms with Gasteiger partial charge in [0.05, 0.1) is 12.2 Å². The van der Waals surface area contributed by atoms with E-state index in [0.717, 1.165) is 24.8 Å². The van der Waals surface area contributed by atoms with Crippen molar-refractivity contribution in [1.82, 2.24) is 15.1 Å². The molecule has 6 heteroatoms. The van der Waals surface area contributed by atoms with E-state index in [1.165, 1.54) is 5.56 Å². The molecule has 0 aliphatic rings. The number of benzene rings is 1. The van der Waals surface area contributed by atoms with E-state index < -0.39 is 0 Å². The number of pyridine rings is 1. The molecule has 130 valence electrons. The molecule has 0 saturated carbocycles. The Bertz CT molecular complexity index is 772. The van der Waals surface area contributed by atoms with Gasteiger partial charge in [-0.05, 0) is 37.5 Å². The molecule has 3 aromatic rings. The van der Waals surface area contributed by atoms with E-state index in [-0.39, 0.29) is 12.6 Å². The predicted molar refractivity (Wildman–Crippen MR) is 96.2 cm³/mol. The lowest BCUT2D eigenvalue weighted by Gasteiger charge is -2.10. The number of aryl methyl sites for hydroxylation is 2. The molecule has 0 aliphatic heterocycles. The van der Waals surface area contributed by atoms with Crippen LogP contribution in [0.2, 0.25) is 0 Å². The van der Waals surface area contributed by atoms with Crippen molar-refractivity contribution >= 4 is 5.82 Å². The van der Waals surface area contributed by atoms with Gasteiger partial charge in [-0.2, -0.15) is 4.98 Å². The zero-order valence-electron chi connectivity index (χ0n) is 14.2. The van der Waals surface area contributed by atoms with Crippen LogP contribution in [0.25, 0.3) is 11.5 Å². The van der Waals surface area contributed by atoms with E-state index in [0.29, 0.717) is 17.5 Å². The maximum Gasteiger partial charge on any atom is 0.259 e. The smallest absolute Gasteiger partial charge is 0.259 e. The molecule has 0 amide bonds. The van der Waals surface area contributed by atoms with Gasteiger partial charge in [0.15, 0.2) is 5.82 Å². The van der Waals surface area contributed by atoms with E-state index in [4.69, 9.17) is 9.63 Å². The lowest BCUT2D eigenvalue weighted by atomic mass is 10.1. The molecule has 0 spiro atoms. The second kappa shape index (κ2) is 8.39. The van der Waals surface area contributed by atoms with Crippen LogP contribution in [0.3, 0.4) is 0 Å². The average molecular weight is 338 g/mol. The first-order valence-corrected chi connectivity index (χ1v) is 8.45. The van der Waals surface area contributed by atoms with Crippen LogP contribution in [0, 0.1) is 0 Å². The average Bonchev–Trinajstić information content (AvgIpc) is 3.12. The van der Waals surface area contributed by atoms with Crippen molar-refractivity contribution < 1.29 is 9.63 Å². The van der Waals surface area contributed by atoms with Crippen molar-refractivity contribution in [3.05, 3.63) is 60.0 Å². The van der Waals surface area contributed by atoms with Crippen LogP contribution < -0.4 is 5.32 Å². The Labute approximate surface area is 146 Å². The molecule has 0 fully saturated rings. The summed E-state index contributed by atoms with van der Waals surface area (Å²) in [5, 5.41) is 16.2. The van der Waals surface area contributed by atoms with Crippen molar-refractivity contribution in [3.8, 4) is 11.5 Å². The Kier molecular flexibility index (Phi) is 5.74. The summed E-state index contributed by atoms with van der Waals surface area (Å²) in [7, 11) is 0. The van der Waals surface area contributed by atoms with Crippen LogP contribution in [-0.4, -0.2) is 32.9 Å². The highest BCUT2D eigenvalue weighted by molar-refractivity contribution is 5.54. The lowest BCUT2D eigenvalue weighted by molar-refractivity contribution is 0.281. The first kappa shape index (κ1) is 17.1. The van der Waals surface area contributed by atoms with Gasteiger partial charge in [0.1, 0.15) is 5.82 Å². The lowest BCUT2D eigenvalue weighted by Crippen LogP contribution is -2.19. The number of aliphatic hydroxyl groups is 1. The Hall–Kier alpha value is -2.73. The number of anilines is 1. The van der Waals surface area contributed by atoms with Crippen molar-refractivity contribution in [3.63, 3.8) is 0 Å². The van der Waals surface area contributed by atoms with E-state index in [2.05, 4.69) is 44.7 Å². The van der Waals surface area contributed by atoms with E-state index in [1.54, 1.807) is 6.20 Å². The molecule has 2 heterocycles. The number of rotatable bonds is 8. The van der Waals surface area contributed by atoms with E-state index >= 15 is 0 Å². The van der Waals surface area contributed by atoms with Crippen LogP contribution in [0.1, 0.15) is 24.7 Å². The fourth-order valence-electron chi connectivity index (χ4n) is 2.47.